The molecule has 2 bridgehead atoms. The summed E-state index contributed by atoms with van der Waals surface area (Å²) in [7, 11) is 0. The molecule has 4 aliphatic carbocycles. The molecule has 5 aliphatic rings. The van der Waals surface area contributed by atoms with E-state index in [9.17, 15) is 33.9 Å². The number of nitrogens with one attached hydrogen (secondary N) is 1. The Morgan fingerprint density at radius 1 is 0.906 bits per heavy atom. The lowest BCUT2D eigenvalue weighted by atomic mass is 9.48. The van der Waals surface area contributed by atoms with Crippen LogP contribution in [0.3, 0.4) is 0 Å². The van der Waals surface area contributed by atoms with Crippen molar-refractivity contribution in [2.75, 3.05) is 6.61 Å². The van der Waals surface area contributed by atoms with E-state index in [0.29, 0.717) is 12.0 Å². The van der Waals surface area contributed by atoms with Gasteiger partial charge < -0.3 is 43.6 Å². The Labute approximate surface area is 371 Å². The minimum Gasteiger partial charge on any atom is -0.455 e. The van der Waals surface area contributed by atoms with Crippen molar-refractivity contribution in [2.45, 2.75) is 141 Å². The number of esters is 5. The minimum absolute atomic E-state index is 0.112. The highest BCUT2D eigenvalue weighted by Crippen LogP contribution is 2.74. The predicted octanol–water partition coefficient (Wildman–Crippen LogP) is 5.43. The second kappa shape index (κ2) is 16.7. The zero-order chi connectivity index (χ0) is 46.7. The summed E-state index contributed by atoms with van der Waals surface area (Å²) in [6.07, 6.45) is -8.32. The maximum Gasteiger partial charge on any atom is 0.408 e. The van der Waals surface area contributed by atoms with Gasteiger partial charge in [0.15, 0.2) is 17.5 Å². The Balaban J connectivity index is 1.40. The summed E-state index contributed by atoms with van der Waals surface area (Å²) in [4.78, 5) is 97.3. The largest absolute Gasteiger partial charge is 0.455 e. The minimum atomic E-state index is -2.28. The Hall–Kier alpha value is -5.61. The van der Waals surface area contributed by atoms with Crippen LogP contribution in [0.2, 0.25) is 0 Å². The van der Waals surface area contributed by atoms with Crippen LogP contribution in [-0.4, -0.2) is 101 Å². The van der Waals surface area contributed by atoms with Gasteiger partial charge in [-0.15, -0.1) is 0 Å². The van der Waals surface area contributed by atoms with Crippen LogP contribution in [0.15, 0.2) is 71.8 Å². The molecule has 11 atom stereocenters. The zero-order valence-electron chi connectivity index (χ0n) is 37.6. The van der Waals surface area contributed by atoms with E-state index in [1.54, 1.807) is 90.1 Å². The van der Waals surface area contributed by atoms with Gasteiger partial charge in [0, 0.05) is 37.5 Å². The van der Waals surface area contributed by atoms with E-state index in [4.69, 9.17) is 33.2 Å². The monoisotopic (exact) mass is 887 g/mol. The summed E-state index contributed by atoms with van der Waals surface area (Å²) < 4.78 is 42.3. The number of ketones is 1. The second-order valence-corrected chi connectivity index (χ2v) is 19.1. The summed E-state index contributed by atoms with van der Waals surface area (Å²) in [5.74, 6) is -6.48. The number of fused-ring (bicyclic) bond motifs is 4. The lowest BCUT2D eigenvalue weighted by Crippen LogP contribution is -2.78. The fourth-order valence-electron chi connectivity index (χ4n) is 10.7. The smallest absolute Gasteiger partial charge is 0.408 e. The lowest BCUT2D eigenvalue weighted by molar-refractivity contribution is -0.323. The Morgan fingerprint density at radius 2 is 1.55 bits per heavy atom. The molecule has 0 aromatic heterocycles. The van der Waals surface area contributed by atoms with E-state index in [-0.39, 0.29) is 36.2 Å². The highest BCUT2D eigenvalue weighted by molar-refractivity contribution is 5.97. The molecule has 1 amide bonds. The number of benzene rings is 2. The van der Waals surface area contributed by atoms with Crippen LogP contribution in [-0.2, 0) is 57.1 Å². The number of rotatable bonds is 11. The summed E-state index contributed by atoms with van der Waals surface area (Å²) in [6.45, 7) is 13.5. The first-order valence-electron chi connectivity index (χ1n) is 21.7. The van der Waals surface area contributed by atoms with Crippen molar-refractivity contribution in [3.8, 4) is 0 Å². The van der Waals surface area contributed by atoms with Crippen LogP contribution in [0.4, 0.5) is 4.79 Å². The van der Waals surface area contributed by atoms with Crippen LogP contribution in [0.25, 0.3) is 0 Å². The van der Waals surface area contributed by atoms with Crippen LogP contribution >= 0.6 is 0 Å². The number of Topliss-reactive ketones (excluding diaryl/α,β-unsaturated/α-hetero) is 1. The van der Waals surface area contributed by atoms with Crippen molar-refractivity contribution in [1.29, 1.82) is 0 Å². The third-order valence-corrected chi connectivity index (χ3v) is 13.7. The van der Waals surface area contributed by atoms with Gasteiger partial charge in [-0.25, -0.2) is 14.4 Å². The van der Waals surface area contributed by atoms with E-state index >= 15 is 4.79 Å². The van der Waals surface area contributed by atoms with Crippen LogP contribution in [0, 0.1) is 22.7 Å². The summed E-state index contributed by atoms with van der Waals surface area (Å²) in [5, 5.41) is 16.5. The van der Waals surface area contributed by atoms with E-state index < -0.39 is 124 Å². The molecule has 7 rings (SSSR count). The number of alkyl carbamates (subject to hydrolysis) is 1. The van der Waals surface area contributed by atoms with E-state index in [1.165, 1.54) is 26.0 Å². The molecule has 3 saturated carbocycles. The van der Waals surface area contributed by atoms with E-state index in [0.717, 1.165) is 6.92 Å². The molecule has 344 valence electrons. The van der Waals surface area contributed by atoms with Gasteiger partial charge in [-0.05, 0) is 75.3 Å². The molecular formula is C48H57NO15. The molecule has 1 saturated heterocycles. The normalized spacial score (nSPS) is 31.9. The van der Waals surface area contributed by atoms with Gasteiger partial charge in [0.1, 0.15) is 35.6 Å². The highest BCUT2D eigenvalue weighted by atomic mass is 16.6. The number of carbonyl (C=O) groups is 7. The van der Waals surface area contributed by atoms with Gasteiger partial charge in [0.25, 0.3) is 0 Å². The number of amides is 1. The van der Waals surface area contributed by atoms with Crippen molar-refractivity contribution < 1.29 is 71.8 Å². The fourth-order valence-corrected chi connectivity index (χ4v) is 10.7. The van der Waals surface area contributed by atoms with Gasteiger partial charge in [-0.1, -0.05) is 69.3 Å². The molecule has 16 heteroatoms. The molecule has 2 N–H and O–H groups in total. The number of hydrogen-bond acceptors (Lipinski definition) is 15. The van der Waals surface area contributed by atoms with E-state index in [2.05, 4.69) is 5.32 Å². The first-order valence-corrected chi connectivity index (χ1v) is 21.7. The van der Waals surface area contributed by atoms with Crippen molar-refractivity contribution in [3.63, 3.8) is 0 Å². The lowest BCUT2D eigenvalue weighted by Gasteiger charge is -2.64. The molecule has 64 heavy (non-hydrogen) atoms. The van der Waals surface area contributed by atoms with Crippen LogP contribution < -0.4 is 5.32 Å². The second-order valence-electron chi connectivity index (χ2n) is 19.1. The Morgan fingerprint density at radius 3 is 2.11 bits per heavy atom. The summed E-state index contributed by atoms with van der Waals surface area (Å²) in [5.41, 5.74) is -6.98. The average molecular weight is 888 g/mol. The Kier molecular flexibility index (Phi) is 12.1. The van der Waals surface area contributed by atoms with Gasteiger partial charge in [-0.2, -0.15) is 0 Å². The first-order chi connectivity index (χ1) is 30.0. The van der Waals surface area contributed by atoms with Crippen molar-refractivity contribution in [2.24, 2.45) is 22.7 Å². The van der Waals surface area contributed by atoms with Crippen molar-refractivity contribution in [1.82, 2.24) is 5.32 Å². The fraction of sp³-hybridized carbons (Fsp3) is 0.562. The number of carbonyl (C=O) groups excluding carboxylic acids is 7. The summed E-state index contributed by atoms with van der Waals surface area (Å²) >= 11 is 0. The van der Waals surface area contributed by atoms with Crippen molar-refractivity contribution in [3.05, 3.63) is 82.9 Å². The van der Waals surface area contributed by atoms with Gasteiger partial charge >= 0.3 is 35.9 Å². The third-order valence-electron chi connectivity index (χ3n) is 13.7. The maximum absolute atomic E-state index is 15.6. The molecular weight excluding hydrogens is 831 g/mol. The van der Waals surface area contributed by atoms with Gasteiger partial charge in [-0.3, -0.25) is 19.2 Å². The predicted molar refractivity (Wildman–Crippen MR) is 224 cm³/mol. The molecule has 2 aromatic rings. The molecule has 1 unspecified atom stereocenters. The topological polar surface area (TPSA) is 216 Å². The quantitative estimate of drug-likeness (QED) is 0.163. The number of ether oxygens (including phenoxy) is 7. The molecule has 1 aliphatic heterocycles. The number of aliphatic hydroxyl groups is 1. The summed E-state index contributed by atoms with van der Waals surface area (Å²) in [6, 6.07) is 15.0. The SMILES string of the molecule is CCC(=O)O[C@@H](C(=O)OC1C[C@@]2(O)[C@@H](OC(=O)c3ccccc3)[C@@H]3[C@]4(OC(C)=O)CO[C@@H]4C[C@@H]4C[C@@]43C(=O)[C@H](OC(C)=O)C(=C1C)C2(C)C)[C@@H](NC(=O)OC(C)(C)C)c1ccccc1. The van der Waals surface area contributed by atoms with Crippen LogP contribution in [0.1, 0.15) is 110 Å². The van der Waals surface area contributed by atoms with Crippen molar-refractivity contribution >= 4 is 41.7 Å². The Bertz CT molecular complexity index is 2250. The average Bonchev–Trinajstić information content (AvgIpc) is 3.95. The third kappa shape index (κ3) is 7.96. The number of hydrogen-bond donors (Lipinski definition) is 2. The molecule has 4 fully saturated rings. The molecule has 1 heterocycles. The van der Waals surface area contributed by atoms with E-state index in [1.807, 2.05) is 0 Å². The zero-order valence-corrected chi connectivity index (χ0v) is 37.6. The van der Waals surface area contributed by atoms with Gasteiger partial charge in [0.05, 0.1) is 18.1 Å². The van der Waals surface area contributed by atoms with Gasteiger partial charge in [0.2, 0.25) is 6.10 Å². The maximum atomic E-state index is 15.6. The highest BCUT2D eigenvalue weighted by Gasteiger charge is 2.84. The molecule has 1 spiro atoms. The molecule has 16 nitrogen and oxygen atoms in total. The molecule has 0 radical (unpaired) electrons. The molecule has 2 aromatic carbocycles. The van der Waals surface area contributed by atoms with Crippen LogP contribution in [0.5, 0.6) is 0 Å². The first kappa shape index (κ1) is 46.4. The standard InChI is InChI=1S/C48H57NO15/c1-10-33(52)61-37(35(28-17-13-11-14-18-28)49-43(56)64-44(5,6)7)42(55)60-31-23-48(57)40(62-41(54)29-19-15-12-16-20-29)38-46(22-30(46)21-32-47(38,24-58-32)63-27(4)51)39(53)36(59-26(3)50)34(25(31)2)45(48,8)9/h11-20,30-32,35-38,40,57H,10,21-24H2,1-9H3,(H,49,56)/t30-,31?,32-,35+,36-,37-,38+,40+,46-,47+,48-/m1/s1.